The Bertz CT molecular complexity index is 1190. The van der Waals surface area contributed by atoms with Crippen LogP contribution in [0, 0.1) is 0 Å². The van der Waals surface area contributed by atoms with E-state index in [9.17, 15) is 14.4 Å². The molecular formula is C26H30N4O4. The van der Waals surface area contributed by atoms with Gasteiger partial charge in [-0.05, 0) is 30.2 Å². The number of amides is 3. The second-order valence-electron chi connectivity index (χ2n) is 8.49. The third-order valence-corrected chi connectivity index (χ3v) is 6.21. The van der Waals surface area contributed by atoms with Gasteiger partial charge in [-0.3, -0.25) is 14.4 Å². The molecule has 0 bridgehead atoms. The lowest BCUT2D eigenvalue weighted by Gasteiger charge is -2.27. The van der Waals surface area contributed by atoms with Gasteiger partial charge in [-0.25, -0.2) is 0 Å². The van der Waals surface area contributed by atoms with Crippen LogP contribution in [0.2, 0.25) is 0 Å². The summed E-state index contributed by atoms with van der Waals surface area (Å²) < 4.78 is 5.34. The number of aromatic amines is 1. The minimum absolute atomic E-state index is 0.107. The molecule has 2 N–H and O–H groups in total. The zero-order valence-corrected chi connectivity index (χ0v) is 19.5. The third kappa shape index (κ3) is 5.06. The normalized spacial score (nSPS) is 15.0. The lowest BCUT2D eigenvalue weighted by molar-refractivity contribution is -0.135. The van der Waals surface area contributed by atoms with E-state index in [1.165, 1.54) is 6.92 Å². The monoisotopic (exact) mass is 462 g/mol. The van der Waals surface area contributed by atoms with Gasteiger partial charge in [-0.15, -0.1) is 0 Å². The lowest BCUT2D eigenvalue weighted by atomic mass is 10.0. The Hall–Kier alpha value is -3.81. The molecule has 0 spiro atoms. The third-order valence-electron chi connectivity index (χ3n) is 6.21. The molecule has 0 radical (unpaired) electrons. The first-order valence-corrected chi connectivity index (χ1v) is 11.5. The number of ether oxygens (including phenoxy) is 1. The van der Waals surface area contributed by atoms with E-state index in [4.69, 9.17) is 4.74 Å². The predicted molar refractivity (Wildman–Crippen MR) is 130 cm³/mol. The van der Waals surface area contributed by atoms with Crippen LogP contribution in [0.1, 0.15) is 29.3 Å². The molecule has 1 saturated heterocycles. The highest BCUT2D eigenvalue weighted by atomic mass is 16.5. The quantitative estimate of drug-likeness (QED) is 0.589. The fourth-order valence-electron chi connectivity index (χ4n) is 4.52. The molecule has 2 aromatic carbocycles. The van der Waals surface area contributed by atoms with Crippen LogP contribution in [0.15, 0.2) is 54.7 Å². The van der Waals surface area contributed by atoms with Crippen LogP contribution in [0.25, 0.3) is 10.9 Å². The summed E-state index contributed by atoms with van der Waals surface area (Å²) in [4.78, 5) is 45.2. The molecule has 0 saturated carbocycles. The molecule has 8 heteroatoms. The molecule has 8 nitrogen and oxygen atoms in total. The Balaban J connectivity index is 1.47. The number of carbonyl (C=O) groups excluding carboxylic acids is 3. The Morgan fingerprint density at radius 3 is 2.50 bits per heavy atom. The highest BCUT2D eigenvalue weighted by Crippen LogP contribution is 2.22. The standard InChI is InChI=1S/C26H30N4O4/c1-18(31)28-23(16-19-17-27-22-10-5-3-8-20(19)22)26(33)30-13-7-12-29(14-15-30)25(32)21-9-4-6-11-24(21)34-2/h3-6,8-11,17,23,27H,7,12-16H2,1-2H3,(H,28,31). The molecule has 1 aliphatic heterocycles. The maximum Gasteiger partial charge on any atom is 0.257 e. The predicted octanol–water partition coefficient (Wildman–Crippen LogP) is 2.60. The van der Waals surface area contributed by atoms with E-state index in [0.29, 0.717) is 50.3 Å². The van der Waals surface area contributed by atoms with E-state index < -0.39 is 6.04 Å². The number of nitrogens with one attached hydrogen (secondary N) is 2. The number of para-hydroxylation sites is 2. The SMILES string of the molecule is COc1ccccc1C(=O)N1CCCN(C(=O)C(Cc2c[nH]c3ccccc23)NC(C)=O)CC1. The summed E-state index contributed by atoms with van der Waals surface area (Å²) in [5.74, 6) is 0.0474. The van der Waals surface area contributed by atoms with Crippen LogP contribution in [0.4, 0.5) is 0 Å². The Morgan fingerprint density at radius 1 is 1.00 bits per heavy atom. The summed E-state index contributed by atoms with van der Waals surface area (Å²) in [6, 6.07) is 14.4. The van der Waals surface area contributed by atoms with Crippen molar-refractivity contribution < 1.29 is 19.1 Å². The van der Waals surface area contributed by atoms with E-state index in [1.54, 1.807) is 29.0 Å². The fourth-order valence-corrected chi connectivity index (χ4v) is 4.52. The van der Waals surface area contributed by atoms with Gasteiger partial charge >= 0.3 is 0 Å². The highest BCUT2D eigenvalue weighted by molar-refractivity contribution is 5.97. The number of aromatic nitrogens is 1. The Labute approximate surface area is 198 Å². The topological polar surface area (TPSA) is 94.7 Å². The van der Waals surface area contributed by atoms with Gasteiger partial charge in [0.05, 0.1) is 12.7 Å². The van der Waals surface area contributed by atoms with E-state index in [0.717, 1.165) is 16.5 Å². The lowest BCUT2D eigenvalue weighted by Crippen LogP contribution is -2.50. The molecule has 1 fully saturated rings. The fraction of sp³-hybridized carbons (Fsp3) is 0.346. The van der Waals surface area contributed by atoms with Gasteiger partial charge < -0.3 is 24.8 Å². The van der Waals surface area contributed by atoms with Crippen LogP contribution < -0.4 is 10.1 Å². The number of benzene rings is 2. The van der Waals surface area contributed by atoms with E-state index in [1.807, 2.05) is 42.6 Å². The van der Waals surface area contributed by atoms with Gasteiger partial charge in [0.1, 0.15) is 11.8 Å². The van der Waals surface area contributed by atoms with Crippen molar-refractivity contribution in [1.29, 1.82) is 0 Å². The van der Waals surface area contributed by atoms with Crippen molar-refractivity contribution in [3.8, 4) is 5.75 Å². The van der Waals surface area contributed by atoms with E-state index >= 15 is 0 Å². The maximum absolute atomic E-state index is 13.5. The van der Waals surface area contributed by atoms with Crippen molar-refractivity contribution in [3.63, 3.8) is 0 Å². The first-order valence-electron chi connectivity index (χ1n) is 11.5. The number of fused-ring (bicyclic) bond motifs is 1. The molecule has 178 valence electrons. The second-order valence-corrected chi connectivity index (χ2v) is 8.49. The molecule has 1 aromatic heterocycles. The molecule has 1 aliphatic rings. The molecule has 34 heavy (non-hydrogen) atoms. The van der Waals surface area contributed by atoms with Crippen molar-refractivity contribution in [2.75, 3.05) is 33.3 Å². The smallest absolute Gasteiger partial charge is 0.257 e. The number of hydrogen-bond donors (Lipinski definition) is 2. The van der Waals surface area contributed by atoms with Gasteiger partial charge in [0.2, 0.25) is 11.8 Å². The highest BCUT2D eigenvalue weighted by Gasteiger charge is 2.29. The average Bonchev–Trinajstić information content (AvgIpc) is 3.09. The Morgan fingerprint density at radius 2 is 1.71 bits per heavy atom. The number of carbonyl (C=O) groups is 3. The molecular weight excluding hydrogens is 432 g/mol. The van der Waals surface area contributed by atoms with Crippen LogP contribution in [0.5, 0.6) is 5.75 Å². The second kappa shape index (κ2) is 10.4. The van der Waals surface area contributed by atoms with Crippen LogP contribution in [-0.4, -0.2) is 71.8 Å². The molecule has 3 amide bonds. The van der Waals surface area contributed by atoms with Crippen LogP contribution in [-0.2, 0) is 16.0 Å². The van der Waals surface area contributed by atoms with E-state index in [2.05, 4.69) is 10.3 Å². The minimum Gasteiger partial charge on any atom is -0.496 e. The number of hydrogen-bond acceptors (Lipinski definition) is 4. The van der Waals surface area contributed by atoms with Crippen molar-refractivity contribution in [2.24, 2.45) is 0 Å². The molecule has 1 atom stereocenters. The van der Waals surface area contributed by atoms with Crippen molar-refractivity contribution >= 4 is 28.6 Å². The van der Waals surface area contributed by atoms with Gasteiger partial charge in [0, 0.05) is 56.6 Å². The molecule has 1 unspecified atom stereocenters. The van der Waals surface area contributed by atoms with Crippen molar-refractivity contribution in [3.05, 3.63) is 65.9 Å². The van der Waals surface area contributed by atoms with Gasteiger partial charge in [0.25, 0.3) is 5.91 Å². The number of nitrogens with zero attached hydrogens (tertiary/aromatic N) is 2. The molecule has 2 heterocycles. The van der Waals surface area contributed by atoms with Gasteiger partial charge in [0.15, 0.2) is 0 Å². The Kier molecular flexibility index (Phi) is 7.15. The minimum atomic E-state index is -0.673. The number of methoxy groups -OCH3 is 1. The summed E-state index contributed by atoms with van der Waals surface area (Å²) in [7, 11) is 1.55. The van der Waals surface area contributed by atoms with Crippen molar-refractivity contribution in [1.82, 2.24) is 20.1 Å². The zero-order chi connectivity index (χ0) is 24.1. The molecule has 3 aromatic rings. The largest absolute Gasteiger partial charge is 0.496 e. The first kappa shape index (κ1) is 23.4. The molecule has 4 rings (SSSR count). The van der Waals surface area contributed by atoms with Crippen LogP contribution in [0.3, 0.4) is 0 Å². The zero-order valence-electron chi connectivity index (χ0n) is 19.5. The van der Waals surface area contributed by atoms with E-state index in [-0.39, 0.29) is 17.7 Å². The summed E-state index contributed by atoms with van der Waals surface area (Å²) in [6.07, 6.45) is 2.94. The van der Waals surface area contributed by atoms with Gasteiger partial charge in [-0.2, -0.15) is 0 Å². The van der Waals surface area contributed by atoms with Crippen molar-refractivity contribution in [2.45, 2.75) is 25.8 Å². The average molecular weight is 463 g/mol. The summed E-state index contributed by atoms with van der Waals surface area (Å²) in [5, 5.41) is 3.87. The summed E-state index contributed by atoms with van der Waals surface area (Å²) in [6.45, 7) is 3.32. The number of H-pyrrole nitrogens is 1. The first-order chi connectivity index (χ1) is 16.5. The summed E-state index contributed by atoms with van der Waals surface area (Å²) in [5.41, 5.74) is 2.48. The van der Waals surface area contributed by atoms with Gasteiger partial charge in [-0.1, -0.05) is 30.3 Å². The summed E-state index contributed by atoms with van der Waals surface area (Å²) >= 11 is 0. The maximum atomic E-state index is 13.5. The molecule has 0 aliphatic carbocycles. The van der Waals surface area contributed by atoms with Crippen LogP contribution >= 0.6 is 0 Å². The number of rotatable bonds is 6.